The lowest BCUT2D eigenvalue weighted by molar-refractivity contribution is 0.0732. The van der Waals surface area contributed by atoms with E-state index in [0.29, 0.717) is 23.7 Å². The molecular formula is C14H26IN5O2. The lowest BCUT2D eigenvalue weighted by atomic mass is 9.67. The SMILES string of the molecule is CN=C(NCc1noc(C)n1)NCC1(CCOC)CCC1.I. The summed E-state index contributed by atoms with van der Waals surface area (Å²) in [5.41, 5.74) is 0.357. The van der Waals surface area contributed by atoms with Crippen molar-refractivity contribution in [2.24, 2.45) is 10.4 Å². The molecule has 1 aromatic heterocycles. The zero-order chi connectivity index (χ0) is 15.1. The molecule has 1 aliphatic carbocycles. The van der Waals surface area contributed by atoms with Crippen LogP contribution in [-0.2, 0) is 11.3 Å². The Balaban J connectivity index is 0.00000242. The molecule has 0 radical (unpaired) electrons. The molecule has 0 saturated heterocycles. The summed E-state index contributed by atoms with van der Waals surface area (Å²) in [6.45, 7) is 4.01. The Hall–Kier alpha value is -0.900. The van der Waals surface area contributed by atoms with Crippen LogP contribution in [0.3, 0.4) is 0 Å². The maximum Gasteiger partial charge on any atom is 0.223 e. The molecule has 22 heavy (non-hydrogen) atoms. The van der Waals surface area contributed by atoms with Gasteiger partial charge in [0, 0.05) is 34.2 Å². The molecule has 0 unspecified atom stereocenters. The van der Waals surface area contributed by atoms with Crippen LogP contribution in [0.15, 0.2) is 9.52 Å². The van der Waals surface area contributed by atoms with Crippen molar-refractivity contribution in [2.45, 2.75) is 39.2 Å². The lowest BCUT2D eigenvalue weighted by Crippen LogP contribution is -2.46. The first-order valence-electron chi connectivity index (χ1n) is 7.40. The number of halogens is 1. The number of guanidine groups is 1. The minimum atomic E-state index is 0. The highest BCUT2D eigenvalue weighted by Gasteiger charge is 2.36. The Kier molecular flexibility index (Phi) is 8.08. The second-order valence-corrected chi connectivity index (χ2v) is 5.61. The van der Waals surface area contributed by atoms with Gasteiger partial charge in [0.05, 0.1) is 6.54 Å². The number of aliphatic imine (C=N–C) groups is 1. The van der Waals surface area contributed by atoms with Crippen molar-refractivity contribution in [1.29, 1.82) is 0 Å². The maximum atomic E-state index is 5.21. The second-order valence-electron chi connectivity index (χ2n) is 5.61. The molecule has 1 saturated carbocycles. The van der Waals surface area contributed by atoms with Gasteiger partial charge < -0.3 is 19.9 Å². The van der Waals surface area contributed by atoms with E-state index in [1.165, 1.54) is 19.3 Å². The van der Waals surface area contributed by atoms with Gasteiger partial charge in [-0.15, -0.1) is 24.0 Å². The first-order chi connectivity index (χ1) is 10.2. The lowest BCUT2D eigenvalue weighted by Gasteiger charge is -2.42. The van der Waals surface area contributed by atoms with Gasteiger partial charge in [0.25, 0.3) is 0 Å². The van der Waals surface area contributed by atoms with Gasteiger partial charge in [0.15, 0.2) is 11.8 Å². The van der Waals surface area contributed by atoms with Crippen LogP contribution in [0, 0.1) is 12.3 Å². The summed E-state index contributed by atoms with van der Waals surface area (Å²) in [6.07, 6.45) is 4.91. The molecule has 0 atom stereocenters. The molecule has 0 aliphatic heterocycles. The number of nitrogens with one attached hydrogen (secondary N) is 2. The van der Waals surface area contributed by atoms with Crippen molar-refractivity contribution >= 4 is 29.9 Å². The van der Waals surface area contributed by atoms with Gasteiger partial charge in [-0.3, -0.25) is 4.99 Å². The fraction of sp³-hybridized carbons (Fsp3) is 0.786. The maximum absolute atomic E-state index is 5.21. The predicted octanol–water partition coefficient (Wildman–Crippen LogP) is 1.87. The van der Waals surface area contributed by atoms with Crippen LogP contribution >= 0.6 is 24.0 Å². The predicted molar refractivity (Wildman–Crippen MR) is 95.4 cm³/mol. The third-order valence-corrected chi connectivity index (χ3v) is 4.09. The van der Waals surface area contributed by atoms with Crippen molar-refractivity contribution < 1.29 is 9.26 Å². The molecule has 7 nitrogen and oxygen atoms in total. The minimum Gasteiger partial charge on any atom is -0.385 e. The van der Waals surface area contributed by atoms with E-state index in [4.69, 9.17) is 9.26 Å². The van der Waals surface area contributed by atoms with E-state index in [0.717, 1.165) is 25.5 Å². The molecule has 8 heteroatoms. The topological polar surface area (TPSA) is 84.6 Å². The van der Waals surface area contributed by atoms with E-state index in [9.17, 15) is 0 Å². The first-order valence-corrected chi connectivity index (χ1v) is 7.40. The molecule has 2 rings (SSSR count). The number of aromatic nitrogens is 2. The summed E-state index contributed by atoms with van der Waals surface area (Å²) in [5, 5.41) is 10.4. The largest absolute Gasteiger partial charge is 0.385 e. The van der Waals surface area contributed by atoms with E-state index in [2.05, 4.69) is 25.8 Å². The number of hydrogen-bond donors (Lipinski definition) is 2. The smallest absolute Gasteiger partial charge is 0.223 e. The molecular weight excluding hydrogens is 397 g/mol. The zero-order valence-corrected chi connectivity index (χ0v) is 15.8. The van der Waals surface area contributed by atoms with Crippen molar-refractivity contribution in [1.82, 2.24) is 20.8 Å². The average Bonchev–Trinajstić information content (AvgIpc) is 2.86. The highest BCUT2D eigenvalue weighted by atomic mass is 127. The molecule has 1 fully saturated rings. The molecule has 2 N–H and O–H groups in total. The summed E-state index contributed by atoms with van der Waals surface area (Å²) in [7, 11) is 3.52. The summed E-state index contributed by atoms with van der Waals surface area (Å²) < 4.78 is 10.2. The Morgan fingerprint density at radius 1 is 1.41 bits per heavy atom. The Morgan fingerprint density at radius 2 is 2.18 bits per heavy atom. The molecule has 0 aromatic carbocycles. The summed E-state index contributed by atoms with van der Waals surface area (Å²) in [6, 6.07) is 0. The Morgan fingerprint density at radius 3 is 2.68 bits per heavy atom. The third-order valence-electron chi connectivity index (χ3n) is 4.09. The Bertz CT molecular complexity index is 474. The summed E-state index contributed by atoms with van der Waals surface area (Å²) in [5.74, 6) is 1.97. The fourth-order valence-electron chi connectivity index (χ4n) is 2.58. The molecule has 0 bridgehead atoms. The normalized spacial score (nSPS) is 16.6. The summed E-state index contributed by atoms with van der Waals surface area (Å²) in [4.78, 5) is 8.38. The molecule has 1 heterocycles. The standard InChI is InChI=1S/C14H25N5O2.HI/c1-11-18-12(19-21-11)9-16-13(15-2)17-10-14(5-4-6-14)7-8-20-3;/h4-10H2,1-3H3,(H2,15,16,17);1H. The van der Waals surface area contributed by atoms with Crippen molar-refractivity contribution in [3.8, 4) is 0 Å². The first kappa shape index (κ1) is 19.1. The molecule has 126 valence electrons. The van der Waals surface area contributed by atoms with Gasteiger partial charge in [-0.2, -0.15) is 4.98 Å². The number of aryl methyl sites for hydroxylation is 1. The van der Waals surface area contributed by atoms with Crippen LogP contribution in [0.1, 0.15) is 37.4 Å². The van der Waals surface area contributed by atoms with Gasteiger partial charge in [-0.05, 0) is 24.7 Å². The van der Waals surface area contributed by atoms with Crippen LogP contribution in [0.25, 0.3) is 0 Å². The number of ether oxygens (including phenoxy) is 1. The highest BCUT2D eigenvalue weighted by Crippen LogP contribution is 2.43. The average molecular weight is 423 g/mol. The second kappa shape index (κ2) is 9.29. The number of hydrogen-bond acceptors (Lipinski definition) is 5. The van der Waals surface area contributed by atoms with Gasteiger partial charge in [0.1, 0.15) is 0 Å². The van der Waals surface area contributed by atoms with Gasteiger partial charge >= 0.3 is 0 Å². The van der Waals surface area contributed by atoms with Crippen molar-refractivity contribution in [3.05, 3.63) is 11.7 Å². The van der Waals surface area contributed by atoms with Gasteiger partial charge in [-0.25, -0.2) is 0 Å². The minimum absolute atomic E-state index is 0. The Labute approximate surface area is 148 Å². The van der Waals surface area contributed by atoms with E-state index < -0.39 is 0 Å². The van der Waals surface area contributed by atoms with Crippen LogP contribution < -0.4 is 10.6 Å². The van der Waals surface area contributed by atoms with E-state index in [-0.39, 0.29) is 24.0 Å². The molecule has 0 amide bonds. The number of nitrogens with zero attached hydrogens (tertiary/aromatic N) is 3. The van der Waals surface area contributed by atoms with E-state index in [1.54, 1.807) is 21.1 Å². The molecule has 0 spiro atoms. The van der Waals surface area contributed by atoms with Crippen LogP contribution in [-0.4, -0.2) is 43.4 Å². The van der Waals surface area contributed by atoms with E-state index >= 15 is 0 Å². The van der Waals surface area contributed by atoms with Gasteiger partial charge in [-0.1, -0.05) is 11.6 Å². The molecule has 1 aromatic rings. The highest BCUT2D eigenvalue weighted by molar-refractivity contribution is 14.0. The van der Waals surface area contributed by atoms with Crippen LogP contribution in [0.4, 0.5) is 0 Å². The van der Waals surface area contributed by atoms with Crippen molar-refractivity contribution in [3.63, 3.8) is 0 Å². The monoisotopic (exact) mass is 423 g/mol. The van der Waals surface area contributed by atoms with Crippen LogP contribution in [0.2, 0.25) is 0 Å². The quantitative estimate of drug-likeness (QED) is 0.396. The zero-order valence-electron chi connectivity index (χ0n) is 13.5. The van der Waals surface area contributed by atoms with Crippen LogP contribution in [0.5, 0.6) is 0 Å². The molecule has 1 aliphatic rings. The third kappa shape index (κ3) is 5.38. The summed E-state index contributed by atoms with van der Waals surface area (Å²) >= 11 is 0. The van der Waals surface area contributed by atoms with Crippen molar-refractivity contribution in [2.75, 3.05) is 27.3 Å². The van der Waals surface area contributed by atoms with E-state index in [1.807, 2.05) is 0 Å². The number of rotatable bonds is 7. The number of methoxy groups -OCH3 is 1. The fourth-order valence-corrected chi connectivity index (χ4v) is 2.58. The van der Waals surface area contributed by atoms with Gasteiger partial charge in [0.2, 0.25) is 5.89 Å².